The van der Waals surface area contributed by atoms with E-state index in [2.05, 4.69) is 9.97 Å². The lowest BCUT2D eigenvalue weighted by molar-refractivity contribution is -0.137. The molecule has 7 heteroatoms. The average Bonchev–Trinajstić information content (AvgIpc) is 2.86. The fourth-order valence-corrected chi connectivity index (χ4v) is 1.87. The van der Waals surface area contributed by atoms with Crippen molar-refractivity contribution in [3.05, 3.63) is 47.8 Å². The van der Waals surface area contributed by atoms with Gasteiger partial charge in [0.05, 0.1) is 11.3 Å². The highest BCUT2D eigenvalue weighted by Gasteiger charge is 2.31. The van der Waals surface area contributed by atoms with Gasteiger partial charge in [-0.25, -0.2) is 4.98 Å². The minimum atomic E-state index is -4.43. The van der Waals surface area contributed by atoms with Gasteiger partial charge < -0.3 is 9.67 Å². The molecule has 4 nitrogen and oxygen atoms in total. The van der Waals surface area contributed by atoms with E-state index < -0.39 is 17.8 Å². The number of imidazole rings is 1. The van der Waals surface area contributed by atoms with Crippen molar-refractivity contribution in [2.45, 2.75) is 32.2 Å². The monoisotopic (exact) mass is 285 g/mol. The van der Waals surface area contributed by atoms with Crippen molar-refractivity contribution in [2.75, 3.05) is 0 Å². The van der Waals surface area contributed by atoms with Gasteiger partial charge in [-0.2, -0.15) is 13.2 Å². The van der Waals surface area contributed by atoms with Crippen LogP contribution in [0, 0.1) is 0 Å². The summed E-state index contributed by atoms with van der Waals surface area (Å²) >= 11 is 0. The average molecular weight is 285 g/mol. The number of halogens is 3. The smallest absolute Gasteiger partial charge is 0.379 e. The number of hydrogen-bond donors (Lipinski definition) is 1. The summed E-state index contributed by atoms with van der Waals surface area (Å²) in [6.07, 6.45) is -0.747. The summed E-state index contributed by atoms with van der Waals surface area (Å²) in [6, 6.07) is 2.07. The maximum Gasteiger partial charge on any atom is 0.417 e. The minimum absolute atomic E-state index is 0.140. The molecule has 2 aromatic heterocycles. The Hall–Kier alpha value is -1.89. The molecule has 0 aliphatic rings. The molecule has 2 heterocycles. The SMILES string of the molecule is CCCn1ccnc1C(O)c1ccc(C(F)(F)F)cn1. The summed E-state index contributed by atoms with van der Waals surface area (Å²) in [4.78, 5) is 7.71. The fourth-order valence-electron chi connectivity index (χ4n) is 1.87. The van der Waals surface area contributed by atoms with Gasteiger partial charge in [0.15, 0.2) is 6.10 Å². The Balaban J connectivity index is 2.25. The molecular formula is C13H14F3N3O. The summed E-state index contributed by atoms with van der Waals surface area (Å²) in [5.74, 6) is 0.374. The van der Waals surface area contributed by atoms with Gasteiger partial charge in [-0.1, -0.05) is 6.92 Å². The molecule has 0 saturated carbocycles. The second-order valence-electron chi connectivity index (χ2n) is 4.35. The number of aryl methyl sites for hydroxylation is 1. The van der Waals surface area contributed by atoms with Crippen LogP contribution in [0.25, 0.3) is 0 Å². The summed E-state index contributed by atoms with van der Waals surface area (Å²) < 4.78 is 39.1. The molecule has 0 spiro atoms. The van der Waals surface area contributed by atoms with E-state index in [1.807, 2.05) is 6.92 Å². The lowest BCUT2D eigenvalue weighted by Crippen LogP contribution is -2.12. The van der Waals surface area contributed by atoms with E-state index in [0.29, 0.717) is 18.6 Å². The Morgan fingerprint density at radius 2 is 2.05 bits per heavy atom. The second kappa shape index (κ2) is 5.62. The molecule has 1 unspecified atom stereocenters. The second-order valence-corrected chi connectivity index (χ2v) is 4.35. The number of aliphatic hydroxyl groups excluding tert-OH is 1. The van der Waals surface area contributed by atoms with Crippen molar-refractivity contribution in [1.29, 1.82) is 0 Å². The summed E-state index contributed by atoms with van der Waals surface area (Å²) in [6.45, 7) is 2.65. The van der Waals surface area contributed by atoms with Gasteiger partial charge in [-0.05, 0) is 18.6 Å². The topological polar surface area (TPSA) is 50.9 Å². The Bertz CT molecular complexity index is 563. The van der Waals surface area contributed by atoms with E-state index in [1.54, 1.807) is 10.8 Å². The van der Waals surface area contributed by atoms with Crippen LogP contribution in [0.2, 0.25) is 0 Å². The van der Waals surface area contributed by atoms with Gasteiger partial charge in [-0.15, -0.1) is 0 Å². The maximum absolute atomic E-state index is 12.4. The first kappa shape index (κ1) is 14.5. The first-order valence-corrected chi connectivity index (χ1v) is 6.15. The lowest BCUT2D eigenvalue weighted by Gasteiger charge is -2.13. The Morgan fingerprint density at radius 1 is 1.30 bits per heavy atom. The molecule has 108 valence electrons. The third kappa shape index (κ3) is 2.98. The van der Waals surface area contributed by atoms with Crippen LogP contribution in [0.15, 0.2) is 30.7 Å². The lowest BCUT2D eigenvalue weighted by atomic mass is 10.2. The standard InChI is InChI=1S/C13H14F3N3O/c1-2-6-19-7-5-17-12(19)11(20)10-4-3-9(8-18-10)13(14,15)16/h3-5,7-8,11,20H,2,6H2,1H3. The normalized spacial score (nSPS) is 13.4. The molecule has 0 fully saturated rings. The first-order valence-electron chi connectivity index (χ1n) is 6.15. The van der Waals surface area contributed by atoms with Gasteiger partial charge in [0, 0.05) is 25.1 Å². The maximum atomic E-state index is 12.4. The van der Waals surface area contributed by atoms with Crippen molar-refractivity contribution in [2.24, 2.45) is 0 Å². The predicted molar refractivity (Wildman–Crippen MR) is 65.8 cm³/mol. The number of aromatic nitrogens is 3. The molecule has 0 radical (unpaired) electrons. The molecule has 0 amide bonds. The number of alkyl halides is 3. The van der Waals surface area contributed by atoms with Gasteiger partial charge in [0.1, 0.15) is 5.82 Å². The van der Waals surface area contributed by atoms with Gasteiger partial charge in [0.25, 0.3) is 0 Å². The summed E-state index contributed by atoms with van der Waals surface area (Å²) in [5, 5.41) is 10.2. The van der Waals surface area contributed by atoms with Crippen molar-refractivity contribution in [3.63, 3.8) is 0 Å². The fraction of sp³-hybridized carbons (Fsp3) is 0.385. The van der Waals surface area contributed by atoms with Gasteiger partial charge in [-0.3, -0.25) is 4.98 Å². The summed E-state index contributed by atoms with van der Waals surface area (Å²) in [5.41, 5.74) is -0.702. The Morgan fingerprint density at radius 3 is 2.60 bits per heavy atom. The van der Waals surface area contributed by atoms with Crippen LogP contribution < -0.4 is 0 Å². The number of rotatable bonds is 4. The van der Waals surface area contributed by atoms with Crippen molar-refractivity contribution >= 4 is 0 Å². The molecule has 0 bridgehead atoms. The van der Waals surface area contributed by atoms with Crippen molar-refractivity contribution in [3.8, 4) is 0 Å². The Kier molecular flexibility index (Phi) is 4.08. The highest BCUT2D eigenvalue weighted by Crippen LogP contribution is 2.29. The highest BCUT2D eigenvalue weighted by atomic mass is 19.4. The molecule has 20 heavy (non-hydrogen) atoms. The number of nitrogens with zero attached hydrogens (tertiary/aromatic N) is 3. The zero-order valence-corrected chi connectivity index (χ0v) is 10.8. The molecule has 1 atom stereocenters. The van der Waals surface area contributed by atoms with Crippen LogP contribution in [0.3, 0.4) is 0 Å². The van der Waals surface area contributed by atoms with Crippen LogP contribution in [0.1, 0.15) is 36.5 Å². The molecule has 0 aliphatic heterocycles. The van der Waals surface area contributed by atoms with Crippen LogP contribution in [-0.4, -0.2) is 19.6 Å². The van der Waals surface area contributed by atoms with E-state index in [9.17, 15) is 18.3 Å². The molecule has 2 rings (SSSR count). The van der Waals surface area contributed by atoms with E-state index >= 15 is 0 Å². The van der Waals surface area contributed by atoms with E-state index in [4.69, 9.17) is 0 Å². The van der Waals surface area contributed by atoms with Gasteiger partial charge in [0.2, 0.25) is 0 Å². The zero-order chi connectivity index (χ0) is 14.8. The third-order valence-electron chi connectivity index (χ3n) is 2.85. The van der Waals surface area contributed by atoms with E-state index in [0.717, 1.165) is 12.5 Å². The quantitative estimate of drug-likeness (QED) is 0.939. The number of pyridine rings is 1. The van der Waals surface area contributed by atoms with Gasteiger partial charge >= 0.3 is 6.18 Å². The third-order valence-corrected chi connectivity index (χ3v) is 2.85. The van der Waals surface area contributed by atoms with Crippen LogP contribution in [0.4, 0.5) is 13.2 Å². The number of aliphatic hydroxyl groups is 1. The van der Waals surface area contributed by atoms with Crippen LogP contribution in [0.5, 0.6) is 0 Å². The predicted octanol–water partition coefficient (Wildman–Crippen LogP) is 2.79. The largest absolute Gasteiger partial charge is 0.417 e. The van der Waals surface area contributed by atoms with E-state index in [1.165, 1.54) is 12.3 Å². The first-order chi connectivity index (χ1) is 9.43. The van der Waals surface area contributed by atoms with Crippen molar-refractivity contribution < 1.29 is 18.3 Å². The highest BCUT2D eigenvalue weighted by molar-refractivity contribution is 5.21. The minimum Gasteiger partial charge on any atom is -0.379 e. The Labute approximate surface area is 113 Å². The van der Waals surface area contributed by atoms with E-state index in [-0.39, 0.29) is 5.69 Å². The molecule has 2 aromatic rings. The van der Waals surface area contributed by atoms with Crippen LogP contribution in [-0.2, 0) is 12.7 Å². The molecule has 1 N–H and O–H groups in total. The zero-order valence-electron chi connectivity index (χ0n) is 10.8. The molecule has 0 aliphatic carbocycles. The number of hydrogen-bond acceptors (Lipinski definition) is 3. The molecular weight excluding hydrogens is 271 g/mol. The summed E-state index contributed by atoms with van der Waals surface area (Å²) in [7, 11) is 0. The molecule has 0 saturated heterocycles. The van der Waals surface area contributed by atoms with Crippen molar-refractivity contribution in [1.82, 2.24) is 14.5 Å². The molecule has 0 aromatic carbocycles. The van der Waals surface area contributed by atoms with Crippen LogP contribution >= 0.6 is 0 Å².